The molecule has 7 heteroatoms. The van der Waals surface area contributed by atoms with Gasteiger partial charge in [-0.1, -0.05) is 17.4 Å². The summed E-state index contributed by atoms with van der Waals surface area (Å²) in [5.41, 5.74) is 1.49. The molecule has 2 rings (SSSR count). The lowest BCUT2D eigenvalue weighted by Crippen LogP contribution is -2.19. The average molecular weight is 224 g/mol. The topological polar surface area (TPSA) is 62.6 Å². The highest BCUT2D eigenvalue weighted by atomic mass is 32.1. The summed E-state index contributed by atoms with van der Waals surface area (Å²) in [5, 5.41) is 8.02. The molecule has 0 radical (unpaired) electrons. The molecule has 2 aromatic rings. The SMILES string of the molecule is CN(C)CCn1nnc2c(=S)nc[nH]c21. The van der Waals surface area contributed by atoms with Crippen LogP contribution in [0.2, 0.25) is 0 Å². The second-order valence-electron chi connectivity index (χ2n) is 3.52. The van der Waals surface area contributed by atoms with Crippen LogP contribution in [-0.4, -0.2) is 50.5 Å². The number of likely N-dealkylation sites (N-methyl/N-ethyl adjacent to an activating group) is 1. The summed E-state index contributed by atoms with van der Waals surface area (Å²) in [4.78, 5) is 9.04. The lowest BCUT2D eigenvalue weighted by molar-refractivity contribution is 0.373. The van der Waals surface area contributed by atoms with Gasteiger partial charge in [-0.2, -0.15) is 0 Å². The van der Waals surface area contributed by atoms with E-state index in [2.05, 4.69) is 25.2 Å². The van der Waals surface area contributed by atoms with Crippen molar-refractivity contribution in [2.75, 3.05) is 20.6 Å². The first kappa shape index (κ1) is 10.2. The van der Waals surface area contributed by atoms with E-state index in [4.69, 9.17) is 12.2 Å². The van der Waals surface area contributed by atoms with Gasteiger partial charge in [0, 0.05) is 6.54 Å². The van der Waals surface area contributed by atoms with E-state index in [9.17, 15) is 0 Å². The Morgan fingerprint density at radius 2 is 2.33 bits per heavy atom. The predicted octanol–water partition coefficient (Wildman–Crippen LogP) is 0.445. The Morgan fingerprint density at radius 3 is 3.07 bits per heavy atom. The Labute approximate surface area is 91.9 Å². The second kappa shape index (κ2) is 4.03. The zero-order valence-electron chi connectivity index (χ0n) is 8.64. The molecule has 2 heterocycles. The molecule has 2 aromatic heterocycles. The number of fused-ring (bicyclic) bond motifs is 1. The molecule has 80 valence electrons. The van der Waals surface area contributed by atoms with Crippen LogP contribution in [-0.2, 0) is 6.54 Å². The van der Waals surface area contributed by atoms with Crippen LogP contribution in [0.25, 0.3) is 11.2 Å². The maximum atomic E-state index is 5.05. The highest BCUT2D eigenvalue weighted by Crippen LogP contribution is 2.06. The fourth-order valence-electron chi connectivity index (χ4n) is 1.26. The van der Waals surface area contributed by atoms with Crippen LogP contribution in [0.1, 0.15) is 0 Å². The van der Waals surface area contributed by atoms with Gasteiger partial charge in [-0.25, -0.2) is 9.67 Å². The molecule has 0 aliphatic heterocycles. The molecule has 0 atom stereocenters. The van der Waals surface area contributed by atoms with E-state index in [0.717, 1.165) is 18.7 Å². The van der Waals surface area contributed by atoms with Gasteiger partial charge in [0.25, 0.3) is 0 Å². The molecule has 0 saturated carbocycles. The minimum atomic E-state index is 0.486. The molecule has 0 unspecified atom stereocenters. The third-order valence-corrected chi connectivity index (χ3v) is 2.38. The van der Waals surface area contributed by atoms with Crippen molar-refractivity contribution in [3.63, 3.8) is 0 Å². The summed E-state index contributed by atoms with van der Waals surface area (Å²) in [5.74, 6) is 0. The number of hydrogen-bond donors (Lipinski definition) is 1. The van der Waals surface area contributed by atoms with E-state index in [1.807, 2.05) is 14.1 Å². The zero-order valence-corrected chi connectivity index (χ0v) is 9.45. The monoisotopic (exact) mass is 224 g/mol. The van der Waals surface area contributed by atoms with Gasteiger partial charge >= 0.3 is 0 Å². The molecule has 15 heavy (non-hydrogen) atoms. The van der Waals surface area contributed by atoms with Gasteiger partial charge in [0.15, 0.2) is 15.8 Å². The number of nitrogens with zero attached hydrogens (tertiary/aromatic N) is 5. The average Bonchev–Trinajstić information content (AvgIpc) is 2.59. The number of aromatic nitrogens is 5. The molecular formula is C8H12N6S. The maximum Gasteiger partial charge on any atom is 0.166 e. The van der Waals surface area contributed by atoms with Crippen LogP contribution >= 0.6 is 12.2 Å². The number of nitrogens with one attached hydrogen (secondary N) is 1. The van der Waals surface area contributed by atoms with Crippen molar-refractivity contribution in [1.29, 1.82) is 0 Å². The minimum absolute atomic E-state index is 0.486. The number of H-pyrrole nitrogens is 1. The van der Waals surface area contributed by atoms with E-state index in [1.165, 1.54) is 0 Å². The Kier molecular flexibility index (Phi) is 2.74. The van der Waals surface area contributed by atoms with Crippen LogP contribution in [0.3, 0.4) is 0 Å². The first-order chi connectivity index (χ1) is 7.18. The summed E-state index contributed by atoms with van der Waals surface area (Å²) in [6, 6.07) is 0. The van der Waals surface area contributed by atoms with Crippen molar-refractivity contribution in [2.24, 2.45) is 0 Å². The third-order valence-electron chi connectivity index (χ3n) is 2.08. The number of rotatable bonds is 3. The molecule has 0 amide bonds. The van der Waals surface area contributed by atoms with Crippen molar-refractivity contribution >= 4 is 23.4 Å². The van der Waals surface area contributed by atoms with Crippen LogP contribution in [0.15, 0.2) is 6.33 Å². The molecule has 0 aliphatic carbocycles. The van der Waals surface area contributed by atoms with E-state index in [-0.39, 0.29) is 0 Å². The third kappa shape index (κ3) is 2.02. The lowest BCUT2D eigenvalue weighted by Gasteiger charge is -2.08. The second-order valence-corrected chi connectivity index (χ2v) is 3.91. The van der Waals surface area contributed by atoms with E-state index in [0.29, 0.717) is 10.2 Å². The Morgan fingerprint density at radius 1 is 1.53 bits per heavy atom. The normalized spacial score (nSPS) is 11.4. The number of hydrogen-bond acceptors (Lipinski definition) is 5. The van der Waals surface area contributed by atoms with Crippen molar-refractivity contribution in [3.05, 3.63) is 11.0 Å². The Hall–Kier alpha value is -1.34. The minimum Gasteiger partial charge on any atom is -0.329 e. The van der Waals surface area contributed by atoms with Gasteiger partial charge in [0.1, 0.15) is 0 Å². The van der Waals surface area contributed by atoms with Crippen LogP contribution in [0, 0.1) is 4.64 Å². The smallest absolute Gasteiger partial charge is 0.166 e. The van der Waals surface area contributed by atoms with Gasteiger partial charge in [0.2, 0.25) is 0 Å². The highest BCUT2D eigenvalue weighted by molar-refractivity contribution is 7.71. The van der Waals surface area contributed by atoms with Gasteiger partial charge < -0.3 is 9.88 Å². The summed E-state index contributed by atoms with van der Waals surface area (Å²) in [6.45, 7) is 1.68. The zero-order chi connectivity index (χ0) is 10.8. The summed E-state index contributed by atoms with van der Waals surface area (Å²) >= 11 is 5.05. The fourth-order valence-corrected chi connectivity index (χ4v) is 1.45. The van der Waals surface area contributed by atoms with Crippen molar-refractivity contribution in [2.45, 2.75) is 6.54 Å². The Balaban J connectivity index is 2.37. The van der Waals surface area contributed by atoms with Gasteiger partial charge in [-0.15, -0.1) is 5.10 Å². The Bertz CT molecular complexity index is 513. The molecule has 0 saturated heterocycles. The first-order valence-electron chi connectivity index (χ1n) is 4.60. The van der Waals surface area contributed by atoms with E-state index < -0.39 is 0 Å². The lowest BCUT2D eigenvalue weighted by atomic mass is 10.5. The maximum absolute atomic E-state index is 5.05. The van der Waals surface area contributed by atoms with Gasteiger partial charge in [0.05, 0.1) is 12.9 Å². The van der Waals surface area contributed by atoms with E-state index in [1.54, 1.807) is 11.0 Å². The molecule has 0 aliphatic rings. The van der Waals surface area contributed by atoms with Crippen LogP contribution in [0.5, 0.6) is 0 Å². The van der Waals surface area contributed by atoms with Crippen LogP contribution in [0.4, 0.5) is 0 Å². The molecule has 6 nitrogen and oxygen atoms in total. The molecular weight excluding hydrogens is 212 g/mol. The van der Waals surface area contributed by atoms with Crippen molar-refractivity contribution in [1.82, 2.24) is 29.9 Å². The molecule has 0 fully saturated rings. The van der Waals surface area contributed by atoms with Gasteiger partial charge in [-0.05, 0) is 14.1 Å². The van der Waals surface area contributed by atoms with Crippen molar-refractivity contribution in [3.8, 4) is 0 Å². The number of aromatic amines is 1. The largest absolute Gasteiger partial charge is 0.329 e. The molecule has 1 N–H and O–H groups in total. The summed E-state index contributed by atoms with van der Waals surface area (Å²) in [7, 11) is 4.03. The standard InChI is InChI=1S/C8H12N6S/c1-13(2)3-4-14-7-6(11-12-14)8(15)10-5-9-7/h5H,3-4H2,1-2H3,(H,9,10,15). The van der Waals surface area contributed by atoms with Crippen LogP contribution < -0.4 is 0 Å². The quantitative estimate of drug-likeness (QED) is 0.767. The van der Waals surface area contributed by atoms with Crippen molar-refractivity contribution < 1.29 is 0 Å². The summed E-state index contributed by atoms with van der Waals surface area (Å²) in [6.07, 6.45) is 1.57. The molecule has 0 aromatic carbocycles. The highest BCUT2D eigenvalue weighted by Gasteiger charge is 2.05. The molecule has 0 bridgehead atoms. The molecule has 0 spiro atoms. The van der Waals surface area contributed by atoms with Gasteiger partial charge in [-0.3, -0.25) is 0 Å². The fraction of sp³-hybridized carbons (Fsp3) is 0.500. The summed E-state index contributed by atoms with van der Waals surface area (Å²) < 4.78 is 2.28. The predicted molar refractivity (Wildman–Crippen MR) is 59.1 cm³/mol. The van der Waals surface area contributed by atoms with E-state index >= 15 is 0 Å². The first-order valence-corrected chi connectivity index (χ1v) is 5.01.